The number of phenolic OH excluding ortho intramolecular Hbond substituents is 1. The molecule has 27 heavy (non-hydrogen) atoms. The van der Waals surface area contributed by atoms with E-state index in [0.717, 1.165) is 22.6 Å². The minimum absolute atomic E-state index is 0.0735. The van der Waals surface area contributed by atoms with Gasteiger partial charge in [0.2, 0.25) is 0 Å². The Hall–Kier alpha value is -3.14. The minimum Gasteiger partial charge on any atom is -0.506 e. The Morgan fingerprint density at radius 2 is 1.89 bits per heavy atom. The first-order valence-corrected chi connectivity index (χ1v) is 9.02. The highest BCUT2D eigenvalue weighted by molar-refractivity contribution is 5.58. The third-order valence-corrected chi connectivity index (χ3v) is 5.26. The SMILES string of the molecule is COc1ccc2c(c1)OCC(c1cccc(C)c1)C2c1ccc(O)c(N)c1. The van der Waals surface area contributed by atoms with Gasteiger partial charge in [-0.05, 0) is 36.2 Å². The maximum absolute atomic E-state index is 9.86. The summed E-state index contributed by atoms with van der Waals surface area (Å²) < 4.78 is 11.5. The molecule has 3 aromatic carbocycles. The molecule has 4 heteroatoms. The number of aromatic hydroxyl groups is 1. The number of nitrogen functional groups attached to an aromatic ring is 1. The van der Waals surface area contributed by atoms with Crippen LogP contribution in [0.15, 0.2) is 60.7 Å². The van der Waals surface area contributed by atoms with Crippen molar-refractivity contribution in [3.05, 3.63) is 82.9 Å². The molecular formula is C23H23NO3. The molecule has 1 aliphatic heterocycles. The Kier molecular flexibility index (Phi) is 4.40. The molecule has 1 heterocycles. The van der Waals surface area contributed by atoms with Crippen molar-refractivity contribution in [1.29, 1.82) is 0 Å². The van der Waals surface area contributed by atoms with E-state index in [9.17, 15) is 5.11 Å². The Balaban J connectivity index is 1.87. The smallest absolute Gasteiger partial charge is 0.138 e. The first-order valence-electron chi connectivity index (χ1n) is 9.02. The van der Waals surface area contributed by atoms with Crippen LogP contribution in [0.5, 0.6) is 17.2 Å². The maximum atomic E-state index is 9.86. The lowest BCUT2D eigenvalue weighted by Crippen LogP contribution is -2.25. The van der Waals surface area contributed by atoms with Gasteiger partial charge in [0, 0.05) is 23.5 Å². The van der Waals surface area contributed by atoms with Gasteiger partial charge in [0.25, 0.3) is 0 Å². The molecule has 4 rings (SSSR count). The van der Waals surface area contributed by atoms with Gasteiger partial charge in [0.1, 0.15) is 17.2 Å². The van der Waals surface area contributed by atoms with E-state index in [1.165, 1.54) is 11.1 Å². The summed E-state index contributed by atoms with van der Waals surface area (Å²) in [4.78, 5) is 0. The van der Waals surface area contributed by atoms with Gasteiger partial charge in [-0.25, -0.2) is 0 Å². The van der Waals surface area contributed by atoms with E-state index in [1.807, 2.05) is 24.3 Å². The number of aryl methyl sites for hydroxylation is 1. The van der Waals surface area contributed by atoms with Crippen molar-refractivity contribution >= 4 is 5.69 Å². The molecule has 4 nitrogen and oxygen atoms in total. The van der Waals surface area contributed by atoms with Gasteiger partial charge in [-0.3, -0.25) is 0 Å². The van der Waals surface area contributed by atoms with Gasteiger partial charge in [-0.15, -0.1) is 0 Å². The topological polar surface area (TPSA) is 64.7 Å². The highest BCUT2D eigenvalue weighted by Gasteiger charge is 2.34. The van der Waals surface area contributed by atoms with Crippen LogP contribution in [0.3, 0.4) is 0 Å². The second kappa shape index (κ2) is 6.88. The van der Waals surface area contributed by atoms with Crippen molar-refractivity contribution in [2.45, 2.75) is 18.8 Å². The highest BCUT2D eigenvalue weighted by Crippen LogP contribution is 2.47. The van der Waals surface area contributed by atoms with Gasteiger partial charge in [-0.2, -0.15) is 0 Å². The van der Waals surface area contributed by atoms with Crippen LogP contribution in [-0.2, 0) is 0 Å². The van der Waals surface area contributed by atoms with Crippen LogP contribution in [0.4, 0.5) is 5.69 Å². The molecule has 2 unspecified atom stereocenters. The lowest BCUT2D eigenvalue weighted by Gasteiger charge is -2.35. The number of anilines is 1. The molecule has 1 aliphatic rings. The van der Waals surface area contributed by atoms with E-state index in [-0.39, 0.29) is 17.6 Å². The summed E-state index contributed by atoms with van der Waals surface area (Å²) in [5.41, 5.74) is 11.0. The summed E-state index contributed by atoms with van der Waals surface area (Å²) in [6.07, 6.45) is 0. The van der Waals surface area contributed by atoms with Crippen LogP contribution in [0.25, 0.3) is 0 Å². The molecule has 0 radical (unpaired) electrons. The van der Waals surface area contributed by atoms with Crippen LogP contribution < -0.4 is 15.2 Å². The summed E-state index contributed by atoms with van der Waals surface area (Å²) in [6, 6.07) is 19.9. The fourth-order valence-corrected chi connectivity index (χ4v) is 3.88. The molecule has 2 atom stereocenters. The predicted molar refractivity (Wildman–Crippen MR) is 107 cm³/mol. The summed E-state index contributed by atoms with van der Waals surface area (Å²) in [6.45, 7) is 2.66. The normalized spacial score (nSPS) is 18.4. The number of nitrogens with two attached hydrogens (primary N) is 1. The molecule has 3 N–H and O–H groups in total. The number of rotatable bonds is 3. The molecular weight excluding hydrogens is 338 g/mol. The van der Waals surface area contributed by atoms with Crippen molar-refractivity contribution in [1.82, 2.24) is 0 Å². The van der Waals surface area contributed by atoms with Crippen molar-refractivity contribution in [2.75, 3.05) is 19.5 Å². The highest BCUT2D eigenvalue weighted by atomic mass is 16.5. The Morgan fingerprint density at radius 3 is 2.63 bits per heavy atom. The summed E-state index contributed by atoms with van der Waals surface area (Å²) in [5.74, 6) is 1.92. The monoisotopic (exact) mass is 361 g/mol. The summed E-state index contributed by atoms with van der Waals surface area (Å²) in [5, 5.41) is 9.86. The van der Waals surface area contributed by atoms with Crippen LogP contribution in [0.2, 0.25) is 0 Å². The first-order chi connectivity index (χ1) is 13.1. The van der Waals surface area contributed by atoms with Gasteiger partial charge in [0.05, 0.1) is 19.4 Å². The lowest BCUT2D eigenvalue weighted by molar-refractivity contribution is 0.247. The Morgan fingerprint density at radius 1 is 1.04 bits per heavy atom. The van der Waals surface area contributed by atoms with Gasteiger partial charge >= 0.3 is 0 Å². The Bertz CT molecular complexity index is 983. The maximum Gasteiger partial charge on any atom is 0.138 e. The van der Waals surface area contributed by atoms with Crippen molar-refractivity contribution in [3.8, 4) is 17.2 Å². The number of fused-ring (bicyclic) bond motifs is 1. The second-order valence-electron chi connectivity index (χ2n) is 7.03. The zero-order valence-electron chi connectivity index (χ0n) is 15.5. The minimum atomic E-state index is 0.0735. The van der Waals surface area contributed by atoms with E-state index in [0.29, 0.717) is 12.3 Å². The molecule has 0 saturated carbocycles. The summed E-state index contributed by atoms with van der Waals surface area (Å²) >= 11 is 0. The predicted octanol–water partition coefficient (Wildman–Crippen LogP) is 4.60. The fourth-order valence-electron chi connectivity index (χ4n) is 3.88. The molecule has 0 fully saturated rings. The molecule has 0 amide bonds. The molecule has 0 aliphatic carbocycles. The number of hydrogen-bond acceptors (Lipinski definition) is 4. The molecule has 0 aromatic heterocycles. The van der Waals surface area contributed by atoms with Gasteiger partial charge in [-0.1, -0.05) is 42.0 Å². The van der Waals surface area contributed by atoms with Crippen LogP contribution in [0, 0.1) is 6.92 Å². The van der Waals surface area contributed by atoms with Crippen molar-refractivity contribution in [3.63, 3.8) is 0 Å². The molecule has 0 bridgehead atoms. The van der Waals surface area contributed by atoms with Gasteiger partial charge < -0.3 is 20.3 Å². The summed E-state index contributed by atoms with van der Waals surface area (Å²) in [7, 11) is 1.65. The number of hydrogen-bond donors (Lipinski definition) is 2. The van der Waals surface area contributed by atoms with E-state index in [1.54, 1.807) is 13.2 Å². The van der Waals surface area contributed by atoms with Gasteiger partial charge in [0.15, 0.2) is 0 Å². The van der Waals surface area contributed by atoms with E-state index < -0.39 is 0 Å². The van der Waals surface area contributed by atoms with Crippen LogP contribution in [0.1, 0.15) is 34.1 Å². The number of ether oxygens (including phenoxy) is 2. The molecule has 3 aromatic rings. The van der Waals surface area contributed by atoms with Crippen LogP contribution in [-0.4, -0.2) is 18.8 Å². The Labute approximate surface area is 159 Å². The number of methoxy groups -OCH3 is 1. The quantitative estimate of drug-likeness (QED) is 0.529. The van der Waals surface area contributed by atoms with E-state index in [2.05, 4.69) is 37.3 Å². The first kappa shape index (κ1) is 17.3. The molecule has 0 spiro atoms. The van der Waals surface area contributed by atoms with Crippen LogP contribution >= 0.6 is 0 Å². The molecule has 0 saturated heterocycles. The third kappa shape index (κ3) is 3.19. The lowest BCUT2D eigenvalue weighted by atomic mass is 9.75. The fraction of sp³-hybridized carbons (Fsp3) is 0.217. The average Bonchev–Trinajstić information content (AvgIpc) is 2.68. The number of benzene rings is 3. The zero-order chi connectivity index (χ0) is 19.0. The van der Waals surface area contributed by atoms with Crippen molar-refractivity contribution < 1.29 is 14.6 Å². The molecule has 138 valence electrons. The third-order valence-electron chi connectivity index (χ3n) is 5.26. The second-order valence-corrected chi connectivity index (χ2v) is 7.03. The van der Waals surface area contributed by atoms with E-state index in [4.69, 9.17) is 15.2 Å². The van der Waals surface area contributed by atoms with Crippen molar-refractivity contribution in [2.24, 2.45) is 0 Å². The largest absolute Gasteiger partial charge is 0.506 e. The standard InChI is InChI=1S/C23H23NO3/c1-14-4-3-5-15(10-14)19-13-27-22-12-17(26-2)7-8-18(22)23(19)16-6-9-21(25)20(24)11-16/h3-12,19,23,25H,13,24H2,1-2H3. The van der Waals surface area contributed by atoms with E-state index >= 15 is 0 Å². The number of phenols is 1. The zero-order valence-corrected chi connectivity index (χ0v) is 15.5. The average molecular weight is 361 g/mol.